The predicted octanol–water partition coefficient (Wildman–Crippen LogP) is 3.89. The Bertz CT molecular complexity index is 1010. The van der Waals surface area contributed by atoms with Crippen LogP contribution in [0.4, 0.5) is 13.6 Å². The van der Waals surface area contributed by atoms with Crippen molar-refractivity contribution in [3.63, 3.8) is 0 Å². The molecule has 0 aliphatic carbocycles. The number of benzene rings is 1. The minimum Gasteiger partial charge on any atom is -0.323 e. The number of hydrogen-bond donors (Lipinski definition) is 1. The van der Waals surface area contributed by atoms with E-state index in [0.717, 1.165) is 48.1 Å². The van der Waals surface area contributed by atoms with Crippen LogP contribution in [0.5, 0.6) is 0 Å². The average molecular weight is 463 g/mol. The van der Waals surface area contributed by atoms with Crippen molar-refractivity contribution >= 4 is 23.3 Å². The lowest BCUT2D eigenvalue weighted by molar-refractivity contribution is -0.134. The molecule has 1 aromatic heterocycles. The minimum absolute atomic E-state index is 0.0419. The smallest absolute Gasteiger partial charge is 0.323 e. The molecule has 172 valence electrons. The molecule has 2 aliphatic heterocycles. The highest BCUT2D eigenvalue weighted by atomic mass is 32.1. The van der Waals surface area contributed by atoms with Gasteiger partial charge in [-0.25, -0.2) is 18.6 Å². The van der Waals surface area contributed by atoms with Gasteiger partial charge in [0.25, 0.3) is 5.91 Å². The van der Waals surface area contributed by atoms with Crippen LogP contribution in [0.25, 0.3) is 0 Å². The Morgan fingerprint density at radius 2 is 1.97 bits per heavy atom. The second-order valence-electron chi connectivity index (χ2n) is 8.62. The van der Waals surface area contributed by atoms with Crippen molar-refractivity contribution in [2.24, 2.45) is 5.92 Å². The van der Waals surface area contributed by atoms with Crippen molar-refractivity contribution in [1.29, 1.82) is 0 Å². The molecule has 3 amide bonds. The molecule has 2 saturated heterocycles. The number of amides is 3. The predicted molar refractivity (Wildman–Crippen MR) is 118 cm³/mol. The number of carbonyl (C=O) groups is 2. The molecule has 0 saturated carbocycles. The van der Waals surface area contributed by atoms with Gasteiger partial charge in [0.2, 0.25) is 0 Å². The lowest BCUT2D eigenvalue weighted by Gasteiger charge is -2.40. The van der Waals surface area contributed by atoms with E-state index in [1.165, 1.54) is 11.0 Å². The number of thiazole rings is 1. The minimum atomic E-state index is -0.867. The molecule has 0 spiro atoms. The Hall–Kier alpha value is -2.39. The van der Waals surface area contributed by atoms with E-state index in [4.69, 9.17) is 0 Å². The van der Waals surface area contributed by atoms with Gasteiger partial charge in [-0.05, 0) is 62.9 Å². The maximum Gasteiger partial charge on any atom is 0.325 e. The first kappa shape index (κ1) is 22.8. The summed E-state index contributed by atoms with van der Waals surface area (Å²) in [7, 11) is 0. The topological polar surface area (TPSA) is 65.5 Å². The molecule has 2 aliphatic rings. The number of piperidine rings is 1. The van der Waals surface area contributed by atoms with Crippen LogP contribution in [-0.4, -0.2) is 51.9 Å². The summed E-state index contributed by atoms with van der Waals surface area (Å²) >= 11 is 1.54. The average Bonchev–Trinajstić information content (AvgIpc) is 3.30. The molecule has 0 unspecified atom stereocenters. The van der Waals surface area contributed by atoms with E-state index in [9.17, 15) is 18.4 Å². The second kappa shape index (κ2) is 9.23. The zero-order valence-electron chi connectivity index (χ0n) is 18.4. The molecule has 1 atom stereocenters. The number of halogens is 2. The van der Waals surface area contributed by atoms with Crippen LogP contribution in [0.1, 0.15) is 42.3 Å². The van der Waals surface area contributed by atoms with E-state index in [-0.39, 0.29) is 17.9 Å². The maximum absolute atomic E-state index is 13.5. The van der Waals surface area contributed by atoms with Gasteiger partial charge in [-0.15, -0.1) is 11.3 Å². The van der Waals surface area contributed by atoms with Gasteiger partial charge < -0.3 is 5.32 Å². The molecule has 2 fully saturated rings. The van der Waals surface area contributed by atoms with Crippen molar-refractivity contribution in [2.75, 3.05) is 19.6 Å². The van der Waals surface area contributed by atoms with Crippen molar-refractivity contribution in [3.8, 4) is 0 Å². The first-order valence-corrected chi connectivity index (χ1v) is 11.9. The Balaban J connectivity index is 1.38. The Morgan fingerprint density at radius 3 is 2.59 bits per heavy atom. The Kier molecular flexibility index (Phi) is 6.57. The standard InChI is InChI=1S/C23H28F2N4O2S/c1-3-23(21(30)29(22(31)27-23)11-8-20-15(2)26-14-32-20)17-6-9-28(10-7-17)13-16-4-5-18(24)19(25)12-16/h4-5,12,14,17H,3,6-11,13H2,1-2H3,(H,27,31)/t23-/m0/s1. The largest absolute Gasteiger partial charge is 0.325 e. The third-order valence-corrected chi connectivity index (χ3v) is 7.84. The third kappa shape index (κ3) is 4.28. The van der Waals surface area contributed by atoms with E-state index in [1.807, 2.05) is 13.8 Å². The number of hydrogen-bond acceptors (Lipinski definition) is 5. The van der Waals surface area contributed by atoms with E-state index in [0.29, 0.717) is 25.9 Å². The summed E-state index contributed by atoms with van der Waals surface area (Å²) in [6, 6.07) is 3.67. The van der Waals surface area contributed by atoms with E-state index in [1.54, 1.807) is 22.9 Å². The Morgan fingerprint density at radius 1 is 1.22 bits per heavy atom. The summed E-state index contributed by atoms with van der Waals surface area (Å²) in [5, 5.41) is 3.03. The summed E-state index contributed by atoms with van der Waals surface area (Å²) in [6.07, 6.45) is 2.67. The summed E-state index contributed by atoms with van der Waals surface area (Å²) in [6.45, 7) is 6.22. The highest BCUT2D eigenvalue weighted by Gasteiger charge is 2.54. The van der Waals surface area contributed by atoms with Gasteiger partial charge in [0, 0.05) is 24.4 Å². The lowest BCUT2D eigenvalue weighted by atomic mass is 9.75. The summed E-state index contributed by atoms with van der Waals surface area (Å²) in [5.41, 5.74) is 2.58. The zero-order valence-corrected chi connectivity index (χ0v) is 19.2. The summed E-state index contributed by atoms with van der Waals surface area (Å²) in [4.78, 5) is 35.0. The van der Waals surface area contributed by atoms with Crippen molar-refractivity contribution in [1.82, 2.24) is 20.1 Å². The molecule has 1 aromatic carbocycles. The fraction of sp³-hybridized carbons (Fsp3) is 0.522. The molecule has 32 heavy (non-hydrogen) atoms. The number of imide groups is 1. The first-order chi connectivity index (χ1) is 15.3. The van der Waals surface area contributed by atoms with Crippen molar-refractivity contribution < 1.29 is 18.4 Å². The molecule has 2 aromatic rings. The van der Waals surface area contributed by atoms with Crippen LogP contribution < -0.4 is 5.32 Å². The summed E-state index contributed by atoms with van der Waals surface area (Å²) < 4.78 is 26.7. The monoisotopic (exact) mass is 462 g/mol. The van der Waals surface area contributed by atoms with Crippen molar-refractivity contribution in [2.45, 2.75) is 51.6 Å². The van der Waals surface area contributed by atoms with Gasteiger partial charge in [0.15, 0.2) is 11.6 Å². The van der Waals surface area contributed by atoms with Gasteiger partial charge in [-0.2, -0.15) is 0 Å². The third-order valence-electron chi connectivity index (χ3n) is 6.84. The van der Waals surface area contributed by atoms with Crippen LogP contribution in [0, 0.1) is 24.5 Å². The first-order valence-electron chi connectivity index (χ1n) is 11.0. The van der Waals surface area contributed by atoms with E-state index >= 15 is 0 Å². The number of aryl methyl sites for hydroxylation is 1. The Labute approximate surface area is 190 Å². The van der Waals surface area contributed by atoms with Crippen LogP contribution in [0.15, 0.2) is 23.7 Å². The van der Waals surface area contributed by atoms with Gasteiger partial charge in [0.05, 0.1) is 11.2 Å². The molecular formula is C23H28F2N4O2S. The van der Waals surface area contributed by atoms with Crippen LogP contribution in [0.2, 0.25) is 0 Å². The maximum atomic E-state index is 13.5. The quantitative estimate of drug-likeness (QED) is 0.634. The molecule has 9 heteroatoms. The SMILES string of the molecule is CC[C@@]1(C2CCN(Cc3ccc(F)c(F)c3)CC2)NC(=O)N(CCc2scnc2C)C1=O. The number of aromatic nitrogens is 1. The summed E-state index contributed by atoms with van der Waals surface area (Å²) in [5.74, 6) is -1.77. The fourth-order valence-electron chi connectivity index (χ4n) is 4.91. The normalized spacial score (nSPS) is 22.6. The van der Waals surface area contributed by atoms with Crippen LogP contribution in [0.3, 0.4) is 0 Å². The molecule has 1 N–H and O–H groups in total. The molecule has 0 radical (unpaired) electrons. The number of carbonyl (C=O) groups excluding carboxylic acids is 2. The molecular weight excluding hydrogens is 434 g/mol. The van der Waals surface area contributed by atoms with Crippen LogP contribution >= 0.6 is 11.3 Å². The number of rotatable bonds is 7. The number of nitrogens with one attached hydrogen (secondary N) is 1. The zero-order chi connectivity index (χ0) is 22.9. The second-order valence-corrected chi connectivity index (χ2v) is 9.56. The fourth-order valence-corrected chi connectivity index (χ4v) is 5.68. The number of likely N-dealkylation sites (tertiary alicyclic amines) is 1. The molecule has 0 bridgehead atoms. The van der Waals surface area contributed by atoms with Crippen LogP contribution in [-0.2, 0) is 17.8 Å². The van der Waals surface area contributed by atoms with Gasteiger partial charge >= 0.3 is 6.03 Å². The molecule has 3 heterocycles. The van der Waals surface area contributed by atoms with Gasteiger partial charge in [-0.3, -0.25) is 14.6 Å². The van der Waals surface area contributed by atoms with Crippen molar-refractivity contribution in [3.05, 3.63) is 51.5 Å². The van der Waals surface area contributed by atoms with Gasteiger partial charge in [-0.1, -0.05) is 13.0 Å². The lowest BCUT2D eigenvalue weighted by Crippen LogP contribution is -2.55. The number of urea groups is 1. The van der Waals surface area contributed by atoms with E-state index < -0.39 is 17.2 Å². The number of nitrogens with zero attached hydrogens (tertiary/aromatic N) is 3. The van der Waals surface area contributed by atoms with Gasteiger partial charge in [0.1, 0.15) is 5.54 Å². The molecule has 6 nitrogen and oxygen atoms in total. The molecule has 4 rings (SSSR count). The highest BCUT2D eigenvalue weighted by Crippen LogP contribution is 2.36. The van der Waals surface area contributed by atoms with E-state index in [2.05, 4.69) is 15.2 Å². The highest BCUT2D eigenvalue weighted by molar-refractivity contribution is 7.09.